The Morgan fingerprint density at radius 2 is 1.97 bits per heavy atom. The number of rotatable bonds is 8. The van der Waals surface area contributed by atoms with E-state index in [9.17, 15) is 14.9 Å². The van der Waals surface area contributed by atoms with E-state index in [1.807, 2.05) is 13.0 Å². The number of nitrogens with zero attached hydrogens (tertiary/aromatic N) is 3. The number of carbonyl (C=O) groups is 2. The maximum Gasteiger partial charge on any atom is 0.247 e. The van der Waals surface area contributed by atoms with Crippen molar-refractivity contribution in [2.45, 2.75) is 49.8 Å². The molecule has 0 radical (unpaired) electrons. The maximum absolute atomic E-state index is 12.9. The average molecular weight is 410 g/mol. The van der Waals surface area contributed by atoms with Crippen molar-refractivity contribution in [1.82, 2.24) is 4.98 Å². The first kappa shape index (κ1) is 20.9. The third-order valence-electron chi connectivity index (χ3n) is 4.59. The van der Waals surface area contributed by atoms with Gasteiger partial charge in [0.2, 0.25) is 11.8 Å². The molecule has 1 aliphatic heterocycles. The fraction of sp³-hybridized carbons (Fsp3) is 0.364. The van der Waals surface area contributed by atoms with Crippen LogP contribution in [0.15, 0.2) is 41.4 Å². The number of unbranched alkanes of at least 4 members (excludes halogenated alkanes) is 1. The molecule has 6 nitrogen and oxygen atoms in total. The normalized spacial score (nSPS) is 16.2. The zero-order chi connectivity index (χ0) is 20.8. The summed E-state index contributed by atoms with van der Waals surface area (Å²) in [5.74, 6) is 0.152. The van der Waals surface area contributed by atoms with Gasteiger partial charge in [0.25, 0.3) is 0 Å². The van der Waals surface area contributed by atoms with Crippen LogP contribution < -0.4 is 9.64 Å². The summed E-state index contributed by atoms with van der Waals surface area (Å²) in [6.45, 7) is 4.55. The number of carbonyl (C=O) groups excluding carboxylic acids is 2. The van der Waals surface area contributed by atoms with E-state index in [2.05, 4.69) is 18.0 Å². The zero-order valence-corrected chi connectivity index (χ0v) is 17.4. The van der Waals surface area contributed by atoms with Gasteiger partial charge in [-0.05, 0) is 56.2 Å². The second-order valence-electron chi connectivity index (χ2n) is 6.68. The van der Waals surface area contributed by atoms with Crippen molar-refractivity contribution in [3.63, 3.8) is 0 Å². The molecule has 0 spiro atoms. The van der Waals surface area contributed by atoms with Crippen LogP contribution in [0.1, 0.15) is 44.4 Å². The molecule has 2 heterocycles. The Kier molecular flexibility index (Phi) is 6.89. The molecule has 0 saturated carbocycles. The molecule has 2 aromatic rings. The molecule has 2 amide bonds. The van der Waals surface area contributed by atoms with Gasteiger partial charge in [0.15, 0.2) is 0 Å². The summed E-state index contributed by atoms with van der Waals surface area (Å²) in [6, 6.07) is 12.6. The number of aromatic nitrogens is 1. The summed E-state index contributed by atoms with van der Waals surface area (Å²) >= 11 is 1.20. The quantitative estimate of drug-likeness (QED) is 0.610. The van der Waals surface area contributed by atoms with Gasteiger partial charge in [0.05, 0.1) is 23.1 Å². The highest BCUT2D eigenvalue weighted by Gasteiger charge is 2.40. The lowest BCUT2D eigenvalue weighted by Gasteiger charge is -2.15. The molecule has 1 atom stereocenters. The Morgan fingerprint density at radius 3 is 2.62 bits per heavy atom. The monoisotopic (exact) mass is 409 g/mol. The SMILES string of the molecule is CCCCc1ccc(C#N)c(SC2CC(=O)N(c3ccc(OCC)cc3)C2=O)n1. The summed E-state index contributed by atoms with van der Waals surface area (Å²) < 4.78 is 5.41. The molecule has 1 aromatic carbocycles. The molecule has 150 valence electrons. The van der Waals surface area contributed by atoms with Gasteiger partial charge >= 0.3 is 0 Å². The predicted molar refractivity (Wildman–Crippen MR) is 112 cm³/mol. The Balaban J connectivity index is 1.78. The number of anilines is 1. The summed E-state index contributed by atoms with van der Waals surface area (Å²) in [5.41, 5.74) is 1.85. The van der Waals surface area contributed by atoms with E-state index >= 15 is 0 Å². The molecule has 29 heavy (non-hydrogen) atoms. The van der Waals surface area contributed by atoms with Crippen molar-refractivity contribution in [3.05, 3.63) is 47.7 Å². The van der Waals surface area contributed by atoms with E-state index in [1.165, 1.54) is 16.7 Å². The maximum atomic E-state index is 12.9. The van der Waals surface area contributed by atoms with Gasteiger partial charge in [-0.15, -0.1) is 0 Å². The van der Waals surface area contributed by atoms with Crippen LogP contribution in [0.2, 0.25) is 0 Å². The fourth-order valence-electron chi connectivity index (χ4n) is 3.11. The lowest BCUT2D eigenvalue weighted by Crippen LogP contribution is -2.31. The first-order valence-corrected chi connectivity index (χ1v) is 10.6. The number of hydrogen-bond donors (Lipinski definition) is 0. The van der Waals surface area contributed by atoms with Gasteiger partial charge in [0, 0.05) is 12.1 Å². The van der Waals surface area contributed by atoms with Gasteiger partial charge < -0.3 is 4.74 Å². The molecule has 1 unspecified atom stereocenters. The second-order valence-corrected chi connectivity index (χ2v) is 7.87. The first-order chi connectivity index (χ1) is 14.1. The molecule has 3 rings (SSSR count). The molecule has 0 bridgehead atoms. The number of imide groups is 1. The highest BCUT2D eigenvalue weighted by Crippen LogP contribution is 2.35. The minimum Gasteiger partial charge on any atom is -0.494 e. The van der Waals surface area contributed by atoms with Crippen molar-refractivity contribution in [3.8, 4) is 11.8 Å². The lowest BCUT2D eigenvalue weighted by atomic mass is 10.2. The highest BCUT2D eigenvalue weighted by molar-refractivity contribution is 8.00. The first-order valence-electron chi connectivity index (χ1n) is 9.73. The largest absolute Gasteiger partial charge is 0.494 e. The summed E-state index contributed by atoms with van der Waals surface area (Å²) in [5, 5.41) is 9.33. The van der Waals surface area contributed by atoms with E-state index in [0.717, 1.165) is 25.0 Å². The number of benzene rings is 1. The van der Waals surface area contributed by atoms with Gasteiger partial charge in [-0.2, -0.15) is 5.26 Å². The molecule has 1 aliphatic rings. The molecule has 1 fully saturated rings. The highest BCUT2D eigenvalue weighted by atomic mass is 32.2. The Morgan fingerprint density at radius 1 is 1.21 bits per heavy atom. The van der Waals surface area contributed by atoms with E-state index in [-0.39, 0.29) is 18.2 Å². The van der Waals surface area contributed by atoms with Crippen LogP contribution in [0.25, 0.3) is 0 Å². The van der Waals surface area contributed by atoms with Crippen LogP contribution in [-0.4, -0.2) is 28.7 Å². The summed E-state index contributed by atoms with van der Waals surface area (Å²) in [7, 11) is 0. The number of nitriles is 1. The lowest BCUT2D eigenvalue weighted by molar-refractivity contribution is -0.121. The van der Waals surface area contributed by atoms with Crippen LogP contribution in [0.5, 0.6) is 5.75 Å². The molecular formula is C22H23N3O3S. The third kappa shape index (κ3) is 4.77. The molecule has 0 aliphatic carbocycles. The Bertz CT molecular complexity index is 937. The van der Waals surface area contributed by atoms with Gasteiger partial charge in [-0.25, -0.2) is 9.88 Å². The van der Waals surface area contributed by atoms with Crippen molar-refractivity contribution in [2.75, 3.05) is 11.5 Å². The van der Waals surface area contributed by atoms with Crippen LogP contribution in [0.3, 0.4) is 0 Å². The molecular weight excluding hydrogens is 386 g/mol. The van der Waals surface area contributed by atoms with E-state index in [0.29, 0.717) is 28.6 Å². The number of thioether (sulfide) groups is 1. The summed E-state index contributed by atoms with van der Waals surface area (Å²) in [6.07, 6.45) is 2.97. The number of pyridine rings is 1. The molecule has 1 saturated heterocycles. The van der Waals surface area contributed by atoms with Crippen LogP contribution in [0, 0.1) is 11.3 Å². The number of hydrogen-bond acceptors (Lipinski definition) is 6. The number of amides is 2. The average Bonchev–Trinajstić information content (AvgIpc) is 3.00. The van der Waals surface area contributed by atoms with E-state index in [1.54, 1.807) is 30.3 Å². The van der Waals surface area contributed by atoms with Gasteiger partial charge in [0.1, 0.15) is 16.8 Å². The molecule has 0 N–H and O–H groups in total. The summed E-state index contributed by atoms with van der Waals surface area (Å²) in [4.78, 5) is 31.2. The topological polar surface area (TPSA) is 83.3 Å². The van der Waals surface area contributed by atoms with E-state index in [4.69, 9.17) is 4.74 Å². The zero-order valence-electron chi connectivity index (χ0n) is 16.6. The second kappa shape index (κ2) is 9.57. The predicted octanol–water partition coefficient (Wildman–Crippen LogP) is 4.12. The Hall–Kier alpha value is -2.85. The standard InChI is InChI=1S/C22H23N3O3S/c1-3-5-6-16-8-7-15(14-23)21(24-16)29-19-13-20(26)25(22(19)27)17-9-11-18(12-10-17)28-4-2/h7-12,19H,3-6,13H2,1-2H3. The van der Waals surface area contributed by atoms with Crippen LogP contribution in [-0.2, 0) is 16.0 Å². The minimum atomic E-state index is -0.588. The van der Waals surface area contributed by atoms with Gasteiger partial charge in [-0.1, -0.05) is 25.1 Å². The van der Waals surface area contributed by atoms with Crippen molar-refractivity contribution < 1.29 is 14.3 Å². The number of aryl methyl sites for hydroxylation is 1. The van der Waals surface area contributed by atoms with Crippen LogP contribution in [0.4, 0.5) is 5.69 Å². The van der Waals surface area contributed by atoms with E-state index < -0.39 is 5.25 Å². The number of ether oxygens (including phenoxy) is 1. The van der Waals surface area contributed by atoms with Crippen molar-refractivity contribution in [2.24, 2.45) is 0 Å². The Labute approximate surface area is 174 Å². The van der Waals surface area contributed by atoms with Crippen molar-refractivity contribution in [1.29, 1.82) is 5.26 Å². The third-order valence-corrected chi connectivity index (χ3v) is 5.78. The molecule has 1 aromatic heterocycles. The minimum absolute atomic E-state index is 0.0858. The fourth-order valence-corrected chi connectivity index (χ4v) is 4.22. The van der Waals surface area contributed by atoms with Crippen molar-refractivity contribution >= 4 is 29.3 Å². The van der Waals surface area contributed by atoms with Crippen LogP contribution >= 0.6 is 11.8 Å². The molecule has 7 heteroatoms. The van der Waals surface area contributed by atoms with Gasteiger partial charge in [-0.3, -0.25) is 9.59 Å². The smallest absolute Gasteiger partial charge is 0.247 e.